The zero-order valence-electron chi connectivity index (χ0n) is 9.96. The van der Waals surface area contributed by atoms with Gasteiger partial charge < -0.3 is 10.3 Å². The number of halogens is 1. The Balaban J connectivity index is 2.12. The maximum Gasteiger partial charge on any atom is 0.128 e. The normalized spacial score (nSPS) is 10.7. The lowest BCUT2D eigenvalue weighted by atomic mass is 10.1. The highest BCUT2D eigenvalue weighted by molar-refractivity contribution is 5.59. The Bertz CT molecular complexity index is 463. The van der Waals surface area contributed by atoms with Crippen molar-refractivity contribution < 1.29 is 4.39 Å². The molecule has 0 atom stereocenters. The Hall–Kier alpha value is -1.61. The highest BCUT2D eigenvalue weighted by Crippen LogP contribution is 2.20. The van der Waals surface area contributed by atoms with Gasteiger partial charge in [-0.1, -0.05) is 19.1 Å². The molecule has 90 valence electrons. The molecule has 2 aromatic rings. The summed E-state index contributed by atoms with van der Waals surface area (Å²) in [6.45, 7) is 3.60. The molecule has 1 aromatic heterocycles. The molecule has 3 heteroatoms. The van der Waals surface area contributed by atoms with Gasteiger partial charge in [0.05, 0.1) is 0 Å². The Morgan fingerprint density at radius 3 is 2.82 bits per heavy atom. The fourth-order valence-corrected chi connectivity index (χ4v) is 1.77. The van der Waals surface area contributed by atoms with E-state index in [0.29, 0.717) is 12.1 Å². The van der Waals surface area contributed by atoms with Crippen LogP contribution in [-0.4, -0.2) is 11.5 Å². The molecule has 0 saturated heterocycles. The molecule has 0 bridgehead atoms. The second kappa shape index (κ2) is 5.64. The summed E-state index contributed by atoms with van der Waals surface area (Å²) >= 11 is 0. The monoisotopic (exact) mass is 232 g/mol. The summed E-state index contributed by atoms with van der Waals surface area (Å²) in [5.41, 5.74) is 2.54. The van der Waals surface area contributed by atoms with Gasteiger partial charge >= 0.3 is 0 Å². The van der Waals surface area contributed by atoms with Crippen LogP contribution >= 0.6 is 0 Å². The third-order valence-corrected chi connectivity index (χ3v) is 2.70. The summed E-state index contributed by atoms with van der Waals surface area (Å²) in [5.74, 6) is -0.152. The number of aromatic nitrogens is 1. The molecule has 2 nitrogen and oxygen atoms in total. The average Bonchev–Trinajstić information content (AvgIpc) is 2.85. The molecule has 0 unspecified atom stereocenters. The standard InChI is InChI=1S/C14H17FN2/c1-2-7-16-10-12-6-5-11(9-13(12)15)14-4-3-8-17-14/h3-6,8-9,16-17H,2,7,10H2,1H3. The van der Waals surface area contributed by atoms with Crippen molar-refractivity contribution in [3.05, 3.63) is 47.9 Å². The quantitative estimate of drug-likeness (QED) is 0.760. The fraction of sp³-hybridized carbons (Fsp3) is 0.286. The smallest absolute Gasteiger partial charge is 0.128 e. The molecule has 0 amide bonds. The van der Waals surface area contributed by atoms with Crippen LogP contribution in [0.4, 0.5) is 4.39 Å². The maximum absolute atomic E-state index is 13.8. The molecule has 1 heterocycles. The number of aromatic amines is 1. The second-order valence-corrected chi connectivity index (χ2v) is 4.07. The van der Waals surface area contributed by atoms with Crippen molar-refractivity contribution in [1.82, 2.24) is 10.3 Å². The van der Waals surface area contributed by atoms with Gasteiger partial charge in [0, 0.05) is 29.6 Å². The van der Waals surface area contributed by atoms with Crippen molar-refractivity contribution >= 4 is 0 Å². The lowest BCUT2D eigenvalue weighted by Gasteiger charge is -2.06. The number of rotatable bonds is 5. The zero-order chi connectivity index (χ0) is 12.1. The molecule has 0 spiro atoms. The third-order valence-electron chi connectivity index (χ3n) is 2.70. The van der Waals surface area contributed by atoms with Gasteiger partial charge in [0.1, 0.15) is 5.82 Å². The van der Waals surface area contributed by atoms with Crippen molar-refractivity contribution in [1.29, 1.82) is 0 Å². The topological polar surface area (TPSA) is 27.8 Å². The molecular weight excluding hydrogens is 215 g/mol. The van der Waals surface area contributed by atoms with E-state index in [9.17, 15) is 4.39 Å². The van der Waals surface area contributed by atoms with Gasteiger partial charge in [0.15, 0.2) is 0 Å². The van der Waals surface area contributed by atoms with Gasteiger partial charge in [-0.25, -0.2) is 4.39 Å². The molecule has 0 fully saturated rings. The first-order valence-corrected chi connectivity index (χ1v) is 5.94. The van der Waals surface area contributed by atoms with E-state index in [1.54, 1.807) is 6.07 Å². The van der Waals surface area contributed by atoms with Gasteiger partial charge in [0.2, 0.25) is 0 Å². The highest BCUT2D eigenvalue weighted by atomic mass is 19.1. The van der Waals surface area contributed by atoms with Crippen LogP contribution < -0.4 is 5.32 Å². The molecule has 2 rings (SSSR count). The summed E-state index contributed by atoms with van der Waals surface area (Å²) in [4.78, 5) is 3.07. The minimum atomic E-state index is -0.152. The van der Waals surface area contributed by atoms with Crippen molar-refractivity contribution in [3.8, 4) is 11.3 Å². The lowest BCUT2D eigenvalue weighted by Crippen LogP contribution is -2.14. The van der Waals surface area contributed by atoms with Gasteiger partial charge in [0.25, 0.3) is 0 Å². The Morgan fingerprint density at radius 2 is 2.18 bits per heavy atom. The Labute approximate surface area is 101 Å². The Kier molecular flexibility index (Phi) is 3.94. The SMILES string of the molecule is CCCNCc1ccc(-c2ccc[nH]2)cc1F. The van der Waals surface area contributed by atoms with Crippen LogP contribution in [0, 0.1) is 5.82 Å². The first kappa shape index (κ1) is 11.9. The van der Waals surface area contributed by atoms with Crippen LogP contribution in [0.5, 0.6) is 0 Å². The summed E-state index contributed by atoms with van der Waals surface area (Å²) in [7, 11) is 0. The average molecular weight is 232 g/mol. The first-order valence-electron chi connectivity index (χ1n) is 5.94. The molecule has 0 radical (unpaired) electrons. The molecule has 1 aromatic carbocycles. The van der Waals surface area contributed by atoms with Gasteiger partial charge in [-0.05, 0) is 31.2 Å². The molecule has 2 N–H and O–H groups in total. The maximum atomic E-state index is 13.8. The van der Waals surface area contributed by atoms with Crippen LogP contribution in [0.2, 0.25) is 0 Å². The van der Waals surface area contributed by atoms with E-state index in [1.807, 2.05) is 30.5 Å². The summed E-state index contributed by atoms with van der Waals surface area (Å²) in [6.07, 6.45) is 2.89. The molecule has 17 heavy (non-hydrogen) atoms. The van der Waals surface area contributed by atoms with Crippen LogP contribution in [0.15, 0.2) is 36.5 Å². The number of hydrogen-bond donors (Lipinski definition) is 2. The van der Waals surface area contributed by atoms with E-state index in [-0.39, 0.29) is 5.82 Å². The highest BCUT2D eigenvalue weighted by Gasteiger charge is 2.05. The van der Waals surface area contributed by atoms with Gasteiger partial charge in [-0.3, -0.25) is 0 Å². The number of H-pyrrole nitrogens is 1. The van der Waals surface area contributed by atoms with E-state index in [4.69, 9.17) is 0 Å². The molecule has 0 aliphatic carbocycles. The van der Waals surface area contributed by atoms with Crippen LogP contribution in [0.25, 0.3) is 11.3 Å². The van der Waals surface area contributed by atoms with Crippen molar-refractivity contribution in [3.63, 3.8) is 0 Å². The number of nitrogens with one attached hydrogen (secondary N) is 2. The van der Waals surface area contributed by atoms with Gasteiger partial charge in [-0.2, -0.15) is 0 Å². The molecule has 0 aliphatic rings. The minimum Gasteiger partial charge on any atom is -0.361 e. The summed E-state index contributed by atoms with van der Waals surface area (Å²) < 4.78 is 13.8. The lowest BCUT2D eigenvalue weighted by molar-refractivity contribution is 0.587. The molecule has 0 aliphatic heterocycles. The van der Waals surface area contributed by atoms with Crippen molar-refractivity contribution in [2.75, 3.05) is 6.54 Å². The van der Waals surface area contributed by atoms with Crippen LogP contribution in [-0.2, 0) is 6.54 Å². The number of hydrogen-bond acceptors (Lipinski definition) is 1. The third kappa shape index (κ3) is 2.94. The summed E-state index contributed by atoms with van der Waals surface area (Å²) in [6, 6.07) is 9.20. The minimum absolute atomic E-state index is 0.152. The zero-order valence-corrected chi connectivity index (χ0v) is 9.96. The molecule has 0 saturated carbocycles. The van der Waals surface area contributed by atoms with Crippen molar-refractivity contribution in [2.45, 2.75) is 19.9 Å². The summed E-state index contributed by atoms with van der Waals surface area (Å²) in [5, 5.41) is 3.20. The fourth-order valence-electron chi connectivity index (χ4n) is 1.77. The largest absolute Gasteiger partial charge is 0.361 e. The van der Waals surface area contributed by atoms with E-state index in [0.717, 1.165) is 24.2 Å². The number of benzene rings is 1. The van der Waals surface area contributed by atoms with Crippen LogP contribution in [0.1, 0.15) is 18.9 Å². The first-order chi connectivity index (χ1) is 8.31. The second-order valence-electron chi connectivity index (χ2n) is 4.07. The van der Waals surface area contributed by atoms with E-state index in [2.05, 4.69) is 17.2 Å². The van der Waals surface area contributed by atoms with Crippen molar-refractivity contribution in [2.24, 2.45) is 0 Å². The predicted octanol–water partition coefficient (Wildman–Crippen LogP) is 3.32. The van der Waals surface area contributed by atoms with Crippen LogP contribution in [0.3, 0.4) is 0 Å². The van der Waals surface area contributed by atoms with E-state index >= 15 is 0 Å². The van der Waals surface area contributed by atoms with E-state index < -0.39 is 0 Å². The Morgan fingerprint density at radius 1 is 1.29 bits per heavy atom. The van der Waals surface area contributed by atoms with Gasteiger partial charge in [-0.15, -0.1) is 0 Å². The predicted molar refractivity (Wildman–Crippen MR) is 68.2 cm³/mol. The molecular formula is C14H17FN2. The van der Waals surface area contributed by atoms with E-state index in [1.165, 1.54) is 0 Å².